The van der Waals surface area contributed by atoms with E-state index in [1.54, 1.807) is 0 Å². The number of anilines is 1. The van der Waals surface area contributed by atoms with E-state index in [4.69, 9.17) is 5.73 Å². The molecule has 2 N–H and O–H groups in total. The molecule has 1 unspecified atom stereocenters. The fourth-order valence-corrected chi connectivity index (χ4v) is 1.92. The Kier molecular flexibility index (Phi) is 3.06. The maximum absolute atomic E-state index is 13.5. The van der Waals surface area contributed by atoms with Crippen molar-refractivity contribution in [2.24, 2.45) is 5.73 Å². The average molecular weight is 244 g/mol. The molecule has 1 aromatic rings. The van der Waals surface area contributed by atoms with E-state index in [2.05, 4.69) is 0 Å². The van der Waals surface area contributed by atoms with Crippen LogP contribution < -0.4 is 10.6 Å². The van der Waals surface area contributed by atoms with Crippen LogP contribution in [0.15, 0.2) is 12.1 Å². The molecule has 6 heteroatoms. The van der Waals surface area contributed by atoms with Gasteiger partial charge in [-0.25, -0.2) is 13.2 Å². The third-order valence-corrected chi connectivity index (χ3v) is 2.73. The molecule has 1 saturated heterocycles. The number of rotatable bonds is 1. The number of benzene rings is 1. The fourth-order valence-electron chi connectivity index (χ4n) is 1.92. The van der Waals surface area contributed by atoms with E-state index < -0.39 is 35.1 Å². The van der Waals surface area contributed by atoms with E-state index in [0.717, 1.165) is 4.90 Å². The molecule has 92 valence electrons. The van der Waals surface area contributed by atoms with E-state index in [1.165, 1.54) is 0 Å². The Morgan fingerprint density at radius 1 is 1.24 bits per heavy atom. The van der Waals surface area contributed by atoms with E-state index in [0.29, 0.717) is 25.0 Å². The first-order valence-electron chi connectivity index (χ1n) is 5.22. The zero-order valence-corrected chi connectivity index (χ0v) is 8.92. The standard InChI is InChI=1S/C11H11F3N2O/c12-6-4-7(13)10(8(14)5-6)16-3-1-2-9(15)11(16)17/h4-5,9H,1-3,15H2. The molecule has 0 bridgehead atoms. The van der Waals surface area contributed by atoms with E-state index in [1.807, 2.05) is 0 Å². The van der Waals surface area contributed by atoms with Crippen molar-refractivity contribution in [2.75, 3.05) is 11.4 Å². The molecule has 1 aromatic carbocycles. The van der Waals surface area contributed by atoms with Gasteiger partial charge >= 0.3 is 0 Å². The highest BCUT2D eigenvalue weighted by Gasteiger charge is 2.30. The first-order valence-corrected chi connectivity index (χ1v) is 5.22. The van der Waals surface area contributed by atoms with Gasteiger partial charge in [0.1, 0.15) is 11.5 Å². The van der Waals surface area contributed by atoms with Crippen LogP contribution in [0.2, 0.25) is 0 Å². The largest absolute Gasteiger partial charge is 0.320 e. The minimum absolute atomic E-state index is 0.187. The van der Waals surface area contributed by atoms with Crippen molar-refractivity contribution in [3.63, 3.8) is 0 Å². The third-order valence-electron chi connectivity index (χ3n) is 2.73. The van der Waals surface area contributed by atoms with Crippen LogP contribution in [0.4, 0.5) is 18.9 Å². The van der Waals surface area contributed by atoms with Crippen molar-refractivity contribution in [2.45, 2.75) is 18.9 Å². The third kappa shape index (κ3) is 2.12. The second-order valence-corrected chi connectivity index (χ2v) is 3.96. The van der Waals surface area contributed by atoms with Crippen molar-refractivity contribution in [3.05, 3.63) is 29.6 Å². The predicted molar refractivity (Wildman–Crippen MR) is 55.9 cm³/mol. The smallest absolute Gasteiger partial charge is 0.244 e. The monoisotopic (exact) mass is 244 g/mol. The molecule has 0 aliphatic carbocycles. The summed E-state index contributed by atoms with van der Waals surface area (Å²) in [6.45, 7) is 0.187. The Morgan fingerprint density at radius 2 is 1.82 bits per heavy atom. The molecular formula is C11H11F3N2O. The van der Waals surface area contributed by atoms with Gasteiger partial charge < -0.3 is 10.6 Å². The quantitative estimate of drug-likeness (QED) is 0.814. The number of nitrogens with zero attached hydrogens (tertiary/aromatic N) is 1. The second kappa shape index (κ2) is 4.37. The molecule has 17 heavy (non-hydrogen) atoms. The van der Waals surface area contributed by atoms with E-state index in [-0.39, 0.29) is 6.54 Å². The summed E-state index contributed by atoms with van der Waals surface area (Å²) in [6, 6.07) is 0.338. The van der Waals surface area contributed by atoms with E-state index >= 15 is 0 Å². The highest BCUT2D eigenvalue weighted by atomic mass is 19.1. The number of carbonyl (C=O) groups is 1. The minimum Gasteiger partial charge on any atom is -0.320 e. The summed E-state index contributed by atoms with van der Waals surface area (Å²) in [5.41, 5.74) is 5.00. The summed E-state index contributed by atoms with van der Waals surface area (Å²) in [7, 11) is 0. The minimum atomic E-state index is -1.09. The Balaban J connectivity index is 2.43. The van der Waals surface area contributed by atoms with Gasteiger partial charge in [-0.05, 0) is 12.8 Å². The topological polar surface area (TPSA) is 46.3 Å². The molecule has 0 aromatic heterocycles. The van der Waals surface area contributed by atoms with Crippen molar-refractivity contribution in [1.29, 1.82) is 0 Å². The van der Waals surface area contributed by atoms with Gasteiger partial charge in [-0.1, -0.05) is 0 Å². The van der Waals surface area contributed by atoms with E-state index in [9.17, 15) is 18.0 Å². The van der Waals surface area contributed by atoms with Crippen LogP contribution in [0.25, 0.3) is 0 Å². The Bertz CT molecular complexity index is 441. The number of halogens is 3. The van der Waals surface area contributed by atoms with Crippen LogP contribution in [0.1, 0.15) is 12.8 Å². The number of nitrogens with two attached hydrogens (primary N) is 1. The molecule has 1 heterocycles. The lowest BCUT2D eigenvalue weighted by molar-refractivity contribution is -0.120. The van der Waals surface area contributed by atoms with Gasteiger partial charge in [-0.15, -0.1) is 0 Å². The Morgan fingerprint density at radius 3 is 2.41 bits per heavy atom. The zero-order chi connectivity index (χ0) is 12.6. The first-order chi connectivity index (χ1) is 8.00. The number of amides is 1. The fraction of sp³-hybridized carbons (Fsp3) is 0.364. The number of carbonyl (C=O) groups excluding carboxylic acids is 1. The van der Waals surface area contributed by atoms with Crippen LogP contribution >= 0.6 is 0 Å². The molecule has 1 atom stereocenters. The van der Waals surface area contributed by atoms with Crippen molar-refractivity contribution in [3.8, 4) is 0 Å². The lowest BCUT2D eigenvalue weighted by Gasteiger charge is -2.30. The van der Waals surface area contributed by atoms with Crippen molar-refractivity contribution >= 4 is 11.6 Å². The summed E-state index contributed by atoms with van der Waals surface area (Å²) in [5, 5.41) is 0. The first kappa shape index (κ1) is 11.9. The second-order valence-electron chi connectivity index (χ2n) is 3.96. The summed E-state index contributed by atoms with van der Waals surface area (Å²) in [5.74, 6) is -3.74. The predicted octanol–water partition coefficient (Wildman–Crippen LogP) is 1.56. The Hall–Kier alpha value is -1.56. The van der Waals surface area contributed by atoms with Crippen LogP contribution in [0.3, 0.4) is 0 Å². The molecule has 0 saturated carbocycles. The number of hydrogen-bond acceptors (Lipinski definition) is 2. The SMILES string of the molecule is NC1CCCN(c2c(F)cc(F)cc2F)C1=O. The van der Waals surface area contributed by atoms with Gasteiger partial charge in [0, 0.05) is 18.7 Å². The molecule has 1 amide bonds. The molecule has 1 fully saturated rings. The molecule has 2 rings (SSSR count). The summed E-state index contributed by atoms with van der Waals surface area (Å²) >= 11 is 0. The highest BCUT2D eigenvalue weighted by Crippen LogP contribution is 2.27. The maximum atomic E-state index is 13.5. The van der Waals surface area contributed by atoms with Crippen molar-refractivity contribution in [1.82, 2.24) is 0 Å². The summed E-state index contributed by atoms with van der Waals surface area (Å²) in [4.78, 5) is 12.6. The van der Waals surface area contributed by atoms with Crippen molar-refractivity contribution < 1.29 is 18.0 Å². The van der Waals surface area contributed by atoms with Crippen LogP contribution in [0, 0.1) is 17.5 Å². The van der Waals surface area contributed by atoms with Crippen LogP contribution in [-0.4, -0.2) is 18.5 Å². The van der Waals surface area contributed by atoms with Gasteiger partial charge in [0.2, 0.25) is 5.91 Å². The number of piperidine rings is 1. The molecular weight excluding hydrogens is 233 g/mol. The van der Waals surface area contributed by atoms with Gasteiger partial charge in [-0.3, -0.25) is 4.79 Å². The molecule has 0 spiro atoms. The average Bonchev–Trinajstić information content (AvgIpc) is 2.23. The zero-order valence-electron chi connectivity index (χ0n) is 8.92. The van der Waals surface area contributed by atoms with Gasteiger partial charge in [0.15, 0.2) is 11.6 Å². The Labute approximate surface area is 96.0 Å². The molecule has 1 aliphatic heterocycles. The highest BCUT2D eigenvalue weighted by molar-refractivity contribution is 5.97. The summed E-state index contributed by atoms with van der Waals surface area (Å²) in [6.07, 6.45) is 1.04. The van der Waals surface area contributed by atoms with Gasteiger partial charge in [-0.2, -0.15) is 0 Å². The lowest BCUT2D eigenvalue weighted by Crippen LogP contribution is -2.49. The lowest BCUT2D eigenvalue weighted by atomic mass is 10.0. The van der Waals surface area contributed by atoms with Gasteiger partial charge in [0.05, 0.1) is 6.04 Å². The number of hydrogen-bond donors (Lipinski definition) is 1. The molecule has 3 nitrogen and oxygen atoms in total. The molecule has 0 radical (unpaired) electrons. The summed E-state index contributed by atoms with van der Waals surface area (Å²) < 4.78 is 39.7. The maximum Gasteiger partial charge on any atom is 0.244 e. The van der Waals surface area contributed by atoms with Crippen LogP contribution in [-0.2, 0) is 4.79 Å². The molecule has 1 aliphatic rings. The van der Waals surface area contributed by atoms with Gasteiger partial charge in [0.25, 0.3) is 0 Å². The van der Waals surface area contributed by atoms with Crippen LogP contribution in [0.5, 0.6) is 0 Å². The normalized spacial score (nSPS) is 20.8.